The van der Waals surface area contributed by atoms with Gasteiger partial charge in [-0.1, -0.05) is 28.1 Å². The maximum absolute atomic E-state index is 4.00. The van der Waals surface area contributed by atoms with Crippen molar-refractivity contribution in [3.8, 4) is 0 Å². The third-order valence-corrected chi connectivity index (χ3v) is 3.25. The first-order chi connectivity index (χ1) is 8.74. The molecule has 0 aliphatic carbocycles. The molecule has 2 rings (SSSR count). The quantitative estimate of drug-likeness (QED) is 0.923. The molecule has 1 aromatic carbocycles. The van der Waals surface area contributed by atoms with Crippen LogP contribution in [0.15, 0.2) is 47.5 Å². The highest BCUT2D eigenvalue weighted by Crippen LogP contribution is 2.12. The molecule has 0 saturated heterocycles. The Hall–Kier alpha value is -1.26. The molecule has 0 fully saturated rings. The van der Waals surface area contributed by atoms with Crippen molar-refractivity contribution in [2.24, 2.45) is 0 Å². The molecule has 0 aliphatic heterocycles. The molecular formula is C14H16BrN3. The summed E-state index contributed by atoms with van der Waals surface area (Å²) in [6.45, 7) is 2.99. The van der Waals surface area contributed by atoms with Crippen LogP contribution in [0.3, 0.4) is 0 Å². The summed E-state index contributed by atoms with van der Waals surface area (Å²) < 4.78 is 1.12. The minimum absolute atomic E-state index is 0.423. The number of nitrogens with zero attached hydrogens (tertiary/aromatic N) is 2. The lowest BCUT2D eigenvalue weighted by atomic mass is 10.1. The van der Waals surface area contributed by atoms with Crippen LogP contribution in [-0.4, -0.2) is 16.0 Å². The third kappa shape index (κ3) is 4.20. The summed E-state index contributed by atoms with van der Waals surface area (Å²) in [6, 6.07) is 8.87. The second kappa shape index (κ2) is 6.61. The second-order valence-electron chi connectivity index (χ2n) is 4.36. The van der Waals surface area contributed by atoms with Crippen molar-refractivity contribution in [2.45, 2.75) is 25.9 Å². The Morgan fingerprint density at radius 3 is 2.44 bits per heavy atom. The van der Waals surface area contributed by atoms with E-state index in [1.807, 2.05) is 12.4 Å². The molecular weight excluding hydrogens is 290 g/mol. The lowest BCUT2D eigenvalue weighted by molar-refractivity contribution is 0.544. The number of rotatable bonds is 5. The van der Waals surface area contributed by atoms with Gasteiger partial charge in [-0.3, -0.25) is 0 Å². The minimum Gasteiger partial charge on any atom is -0.310 e. The zero-order chi connectivity index (χ0) is 12.8. The maximum atomic E-state index is 4.00. The Balaban J connectivity index is 1.82. The summed E-state index contributed by atoms with van der Waals surface area (Å²) in [5.74, 6) is 0. The molecule has 1 N–H and O–H groups in total. The number of aromatic nitrogens is 2. The molecule has 1 atom stereocenters. The van der Waals surface area contributed by atoms with Gasteiger partial charge in [0.15, 0.2) is 0 Å². The van der Waals surface area contributed by atoms with E-state index in [4.69, 9.17) is 0 Å². The Bertz CT molecular complexity index is 470. The Kier molecular flexibility index (Phi) is 4.84. The molecule has 0 bridgehead atoms. The van der Waals surface area contributed by atoms with E-state index >= 15 is 0 Å². The zero-order valence-corrected chi connectivity index (χ0v) is 11.9. The van der Waals surface area contributed by atoms with E-state index in [1.165, 1.54) is 5.56 Å². The number of benzene rings is 1. The molecule has 18 heavy (non-hydrogen) atoms. The van der Waals surface area contributed by atoms with Crippen LogP contribution in [-0.2, 0) is 13.0 Å². The molecule has 2 aromatic rings. The van der Waals surface area contributed by atoms with Crippen LogP contribution in [0.5, 0.6) is 0 Å². The van der Waals surface area contributed by atoms with E-state index in [0.29, 0.717) is 6.04 Å². The summed E-state index contributed by atoms with van der Waals surface area (Å²) in [5.41, 5.74) is 2.45. The van der Waals surface area contributed by atoms with Crippen LogP contribution < -0.4 is 5.32 Å². The van der Waals surface area contributed by atoms with Gasteiger partial charge >= 0.3 is 0 Å². The molecule has 1 unspecified atom stereocenters. The Morgan fingerprint density at radius 1 is 1.11 bits per heavy atom. The lowest BCUT2D eigenvalue weighted by Gasteiger charge is -2.13. The average molecular weight is 306 g/mol. The third-order valence-electron chi connectivity index (χ3n) is 2.72. The monoisotopic (exact) mass is 305 g/mol. The average Bonchev–Trinajstić information content (AvgIpc) is 2.40. The Labute approximate surface area is 116 Å². The van der Waals surface area contributed by atoms with Gasteiger partial charge in [0.05, 0.1) is 0 Å². The summed E-state index contributed by atoms with van der Waals surface area (Å²) in [4.78, 5) is 8.00. The number of hydrogen-bond donors (Lipinski definition) is 1. The van der Waals surface area contributed by atoms with Gasteiger partial charge in [0.1, 0.15) is 6.33 Å². The van der Waals surface area contributed by atoms with Gasteiger partial charge < -0.3 is 5.32 Å². The zero-order valence-electron chi connectivity index (χ0n) is 10.3. The van der Waals surface area contributed by atoms with Gasteiger partial charge in [0.25, 0.3) is 0 Å². The van der Waals surface area contributed by atoms with Crippen molar-refractivity contribution in [2.75, 3.05) is 0 Å². The van der Waals surface area contributed by atoms with E-state index in [9.17, 15) is 0 Å². The van der Waals surface area contributed by atoms with Crippen LogP contribution in [0.25, 0.3) is 0 Å². The van der Waals surface area contributed by atoms with Gasteiger partial charge in [0.2, 0.25) is 0 Å². The largest absolute Gasteiger partial charge is 0.310 e. The van der Waals surface area contributed by atoms with Crippen molar-refractivity contribution >= 4 is 15.9 Å². The maximum Gasteiger partial charge on any atom is 0.115 e. The van der Waals surface area contributed by atoms with E-state index in [2.05, 4.69) is 62.4 Å². The van der Waals surface area contributed by atoms with Gasteiger partial charge in [-0.15, -0.1) is 0 Å². The standard InChI is InChI=1S/C14H16BrN3/c1-11(6-12-2-4-14(15)5-3-12)18-9-13-7-16-10-17-8-13/h2-5,7-8,10-11,18H,6,9H2,1H3. The number of nitrogens with one attached hydrogen (secondary N) is 1. The summed E-state index contributed by atoms with van der Waals surface area (Å²) in [5, 5.41) is 3.47. The van der Waals surface area contributed by atoms with Gasteiger partial charge in [-0.25, -0.2) is 9.97 Å². The highest BCUT2D eigenvalue weighted by Gasteiger charge is 2.03. The van der Waals surface area contributed by atoms with Crippen LogP contribution in [0.4, 0.5) is 0 Å². The van der Waals surface area contributed by atoms with Crippen LogP contribution >= 0.6 is 15.9 Å². The van der Waals surface area contributed by atoms with Gasteiger partial charge in [-0.05, 0) is 31.0 Å². The van der Waals surface area contributed by atoms with E-state index < -0.39 is 0 Å². The molecule has 0 spiro atoms. The number of hydrogen-bond acceptors (Lipinski definition) is 3. The van der Waals surface area contributed by atoms with Crippen LogP contribution in [0.1, 0.15) is 18.1 Å². The molecule has 1 heterocycles. The fraction of sp³-hybridized carbons (Fsp3) is 0.286. The van der Waals surface area contributed by atoms with Crippen molar-refractivity contribution in [3.63, 3.8) is 0 Å². The highest BCUT2D eigenvalue weighted by molar-refractivity contribution is 9.10. The van der Waals surface area contributed by atoms with Crippen LogP contribution in [0.2, 0.25) is 0 Å². The fourth-order valence-electron chi connectivity index (χ4n) is 1.76. The smallest absolute Gasteiger partial charge is 0.115 e. The van der Waals surface area contributed by atoms with Gasteiger partial charge in [-0.2, -0.15) is 0 Å². The molecule has 94 valence electrons. The molecule has 0 amide bonds. The predicted octanol–water partition coefficient (Wildman–Crippen LogP) is 2.96. The van der Waals surface area contributed by atoms with Crippen LogP contribution in [0, 0.1) is 0 Å². The summed E-state index contributed by atoms with van der Waals surface area (Å²) >= 11 is 3.44. The predicted molar refractivity (Wildman–Crippen MR) is 76.2 cm³/mol. The summed E-state index contributed by atoms with van der Waals surface area (Å²) in [7, 11) is 0. The number of halogens is 1. The molecule has 0 saturated carbocycles. The van der Waals surface area contributed by atoms with E-state index in [0.717, 1.165) is 23.0 Å². The topological polar surface area (TPSA) is 37.8 Å². The van der Waals surface area contributed by atoms with Crippen molar-refractivity contribution in [1.29, 1.82) is 0 Å². The summed E-state index contributed by atoms with van der Waals surface area (Å²) in [6.07, 6.45) is 6.24. The van der Waals surface area contributed by atoms with Gasteiger partial charge in [0, 0.05) is 35.0 Å². The molecule has 3 nitrogen and oxygen atoms in total. The van der Waals surface area contributed by atoms with Crippen molar-refractivity contribution < 1.29 is 0 Å². The first-order valence-corrected chi connectivity index (χ1v) is 6.75. The van der Waals surface area contributed by atoms with E-state index in [1.54, 1.807) is 6.33 Å². The SMILES string of the molecule is CC(Cc1ccc(Br)cc1)NCc1cncnc1. The highest BCUT2D eigenvalue weighted by atomic mass is 79.9. The normalized spacial score (nSPS) is 12.3. The van der Waals surface area contributed by atoms with Crippen molar-refractivity contribution in [3.05, 3.63) is 58.6 Å². The second-order valence-corrected chi connectivity index (χ2v) is 5.27. The lowest BCUT2D eigenvalue weighted by Crippen LogP contribution is -2.27. The fourth-order valence-corrected chi connectivity index (χ4v) is 2.02. The molecule has 0 aliphatic rings. The molecule has 4 heteroatoms. The molecule has 1 aromatic heterocycles. The molecule has 0 radical (unpaired) electrons. The van der Waals surface area contributed by atoms with Crippen molar-refractivity contribution in [1.82, 2.24) is 15.3 Å². The first-order valence-electron chi connectivity index (χ1n) is 5.96. The Morgan fingerprint density at radius 2 is 1.78 bits per heavy atom. The minimum atomic E-state index is 0.423. The first kappa shape index (κ1) is 13.2. The van der Waals surface area contributed by atoms with E-state index in [-0.39, 0.29) is 0 Å².